The molecule has 0 bridgehead atoms. The van der Waals surface area contributed by atoms with E-state index in [0.29, 0.717) is 0 Å². The first-order chi connectivity index (χ1) is 9.80. The molecule has 1 aliphatic rings. The average Bonchev–Trinajstić information content (AvgIpc) is 2.40. The van der Waals surface area contributed by atoms with Crippen molar-refractivity contribution < 1.29 is 4.74 Å². The summed E-state index contributed by atoms with van der Waals surface area (Å²) in [6, 6.07) is 9.02. The molecule has 3 nitrogen and oxygen atoms in total. The second-order valence-corrected chi connectivity index (χ2v) is 5.72. The largest absolute Gasteiger partial charge is 0.376 e. The number of nitrogens with two attached hydrogens (primary N) is 1. The van der Waals surface area contributed by atoms with E-state index in [1.807, 2.05) is 6.92 Å². The molecule has 2 atom stereocenters. The number of benzene rings is 1. The maximum atomic E-state index is 5.86. The smallest absolute Gasteiger partial charge is 0.0782 e. The van der Waals surface area contributed by atoms with Gasteiger partial charge >= 0.3 is 0 Å². The van der Waals surface area contributed by atoms with Gasteiger partial charge in [0.1, 0.15) is 0 Å². The number of hydrazine groups is 1. The number of ether oxygens (including phenoxy) is 1. The van der Waals surface area contributed by atoms with Crippen LogP contribution in [0.4, 0.5) is 0 Å². The fourth-order valence-electron chi connectivity index (χ4n) is 2.98. The quantitative estimate of drug-likeness (QED) is 0.562. The van der Waals surface area contributed by atoms with E-state index in [2.05, 4.69) is 36.6 Å². The first-order valence-electron chi connectivity index (χ1n) is 7.97. The Hall–Kier alpha value is -0.900. The number of nitrogens with one attached hydrogen (secondary N) is 1. The van der Waals surface area contributed by atoms with Crippen LogP contribution >= 0.6 is 0 Å². The third-order valence-corrected chi connectivity index (χ3v) is 4.38. The maximum Gasteiger partial charge on any atom is 0.0782 e. The summed E-state index contributed by atoms with van der Waals surface area (Å²) in [6.07, 6.45) is 6.33. The van der Waals surface area contributed by atoms with Crippen LogP contribution in [0.1, 0.15) is 69.0 Å². The van der Waals surface area contributed by atoms with Crippen LogP contribution in [0.5, 0.6) is 0 Å². The van der Waals surface area contributed by atoms with Crippen molar-refractivity contribution in [1.29, 1.82) is 0 Å². The highest BCUT2D eigenvalue weighted by atomic mass is 16.5. The lowest BCUT2D eigenvalue weighted by molar-refractivity contribution is 0.0276. The number of hydrogen-bond donors (Lipinski definition) is 2. The van der Waals surface area contributed by atoms with E-state index in [9.17, 15) is 0 Å². The molecule has 1 fully saturated rings. The van der Waals surface area contributed by atoms with Gasteiger partial charge in [0, 0.05) is 6.61 Å². The van der Waals surface area contributed by atoms with Crippen molar-refractivity contribution in [2.45, 2.75) is 64.0 Å². The minimum absolute atomic E-state index is 0.0744. The standard InChI is InChI=1S/C17H28N2O/c1-3-6-16(20-4-2)17(19-18)15-11-9-14(10-12-15)13-7-5-8-13/h9-13,16-17,19H,3-8,18H2,1-2H3. The second kappa shape index (κ2) is 7.77. The zero-order valence-electron chi connectivity index (χ0n) is 12.8. The van der Waals surface area contributed by atoms with Crippen LogP contribution in [-0.2, 0) is 4.74 Å². The number of rotatable bonds is 8. The third-order valence-electron chi connectivity index (χ3n) is 4.38. The van der Waals surface area contributed by atoms with Crippen LogP contribution in [0.3, 0.4) is 0 Å². The first kappa shape index (κ1) is 15.5. The molecule has 1 aromatic rings. The molecule has 0 radical (unpaired) electrons. The van der Waals surface area contributed by atoms with Gasteiger partial charge < -0.3 is 4.74 Å². The van der Waals surface area contributed by atoms with Crippen LogP contribution in [0, 0.1) is 0 Å². The Morgan fingerprint density at radius 1 is 1.25 bits per heavy atom. The Kier molecular flexibility index (Phi) is 6.02. The van der Waals surface area contributed by atoms with Crippen LogP contribution < -0.4 is 11.3 Å². The Balaban J connectivity index is 2.08. The van der Waals surface area contributed by atoms with Crippen LogP contribution in [0.2, 0.25) is 0 Å². The number of hydrogen-bond acceptors (Lipinski definition) is 3. The first-order valence-corrected chi connectivity index (χ1v) is 7.97. The minimum atomic E-state index is 0.0744. The molecule has 1 saturated carbocycles. The van der Waals surface area contributed by atoms with E-state index in [1.165, 1.54) is 30.4 Å². The van der Waals surface area contributed by atoms with Crippen molar-refractivity contribution in [2.75, 3.05) is 6.61 Å². The van der Waals surface area contributed by atoms with Gasteiger partial charge in [0.2, 0.25) is 0 Å². The van der Waals surface area contributed by atoms with Crippen molar-refractivity contribution in [3.63, 3.8) is 0 Å². The summed E-state index contributed by atoms with van der Waals surface area (Å²) in [7, 11) is 0. The summed E-state index contributed by atoms with van der Waals surface area (Å²) in [4.78, 5) is 0. The Morgan fingerprint density at radius 3 is 2.40 bits per heavy atom. The lowest BCUT2D eigenvalue weighted by atomic mass is 9.79. The maximum absolute atomic E-state index is 5.86. The SMILES string of the molecule is CCCC(OCC)C(NN)c1ccc(C2CCC2)cc1. The molecule has 112 valence electrons. The molecule has 0 aliphatic heterocycles. The molecule has 2 rings (SSSR count). The minimum Gasteiger partial charge on any atom is -0.376 e. The molecule has 20 heavy (non-hydrogen) atoms. The van der Waals surface area contributed by atoms with Crippen LogP contribution in [0.15, 0.2) is 24.3 Å². The summed E-state index contributed by atoms with van der Waals surface area (Å²) < 4.78 is 5.86. The summed E-state index contributed by atoms with van der Waals surface area (Å²) in [5, 5.41) is 0. The van der Waals surface area contributed by atoms with Gasteiger partial charge in [-0.15, -0.1) is 0 Å². The van der Waals surface area contributed by atoms with E-state index < -0.39 is 0 Å². The monoisotopic (exact) mass is 276 g/mol. The highest BCUT2D eigenvalue weighted by molar-refractivity contribution is 5.29. The van der Waals surface area contributed by atoms with Crippen LogP contribution in [-0.4, -0.2) is 12.7 Å². The topological polar surface area (TPSA) is 47.3 Å². The van der Waals surface area contributed by atoms with E-state index >= 15 is 0 Å². The molecule has 1 aromatic carbocycles. The van der Waals surface area contributed by atoms with Crippen molar-refractivity contribution in [2.24, 2.45) is 5.84 Å². The molecule has 1 aliphatic carbocycles. The lowest BCUT2D eigenvalue weighted by Gasteiger charge is -2.28. The molecule has 3 heteroatoms. The van der Waals surface area contributed by atoms with Crippen molar-refractivity contribution in [1.82, 2.24) is 5.43 Å². The van der Waals surface area contributed by atoms with Gasteiger partial charge in [0.15, 0.2) is 0 Å². The Bertz CT molecular complexity index is 380. The molecule has 0 spiro atoms. The zero-order valence-corrected chi connectivity index (χ0v) is 12.8. The highest BCUT2D eigenvalue weighted by Crippen LogP contribution is 2.36. The molecule has 0 heterocycles. The van der Waals surface area contributed by atoms with Gasteiger partial charge in [0.05, 0.1) is 12.1 Å². The van der Waals surface area contributed by atoms with Gasteiger partial charge in [-0.2, -0.15) is 0 Å². The van der Waals surface area contributed by atoms with Gasteiger partial charge in [-0.05, 0) is 43.2 Å². The summed E-state index contributed by atoms with van der Waals surface area (Å²) in [5.41, 5.74) is 5.64. The predicted octanol–water partition coefficient (Wildman–Crippen LogP) is 3.66. The summed E-state index contributed by atoms with van der Waals surface area (Å²) in [6.45, 7) is 4.94. The zero-order chi connectivity index (χ0) is 14.4. The van der Waals surface area contributed by atoms with Gasteiger partial charge in [-0.1, -0.05) is 44.0 Å². The molecule has 0 saturated heterocycles. The fourth-order valence-corrected chi connectivity index (χ4v) is 2.98. The molecular formula is C17H28N2O. The Morgan fingerprint density at radius 2 is 1.95 bits per heavy atom. The molecular weight excluding hydrogens is 248 g/mol. The van der Waals surface area contributed by atoms with Gasteiger partial charge in [0.25, 0.3) is 0 Å². The fraction of sp³-hybridized carbons (Fsp3) is 0.647. The van der Waals surface area contributed by atoms with Gasteiger partial charge in [-0.3, -0.25) is 11.3 Å². The molecule has 0 amide bonds. The molecule has 3 N–H and O–H groups in total. The lowest BCUT2D eigenvalue weighted by Crippen LogP contribution is -2.38. The van der Waals surface area contributed by atoms with Crippen molar-refractivity contribution in [3.8, 4) is 0 Å². The Labute approximate surface area is 122 Å². The van der Waals surface area contributed by atoms with Crippen molar-refractivity contribution in [3.05, 3.63) is 35.4 Å². The summed E-state index contributed by atoms with van der Waals surface area (Å²) in [5.74, 6) is 6.56. The normalized spacial score (nSPS) is 18.6. The van der Waals surface area contributed by atoms with Crippen LogP contribution in [0.25, 0.3) is 0 Å². The van der Waals surface area contributed by atoms with Gasteiger partial charge in [-0.25, -0.2) is 0 Å². The van der Waals surface area contributed by atoms with Crippen molar-refractivity contribution >= 4 is 0 Å². The van der Waals surface area contributed by atoms with E-state index in [0.717, 1.165) is 25.4 Å². The summed E-state index contributed by atoms with van der Waals surface area (Å²) >= 11 is 0. The highest BCUT2D eigenvalue weighted by Gasteiger charge is 2.23. The third kappa shape index (κ3) is 3.60. The van der Waals surface area contributed by atoms with E-state index in [4.69, 9.17) is 10.6 Å². The average molecular weight is 276 g/mol. The molecule has 0 aromatic heterocycles. The molecule has 2 unspecified atom stereocenters. The second-order valence-electron chi connectivity index (χ2n) is 5.72. The van der Waals surface area contributed by atoms with E-state index in [1.54, 1.807) is 0 Å². The van der Waals surface area contributed by atoms with E-state index in [-0.39, 0.29) is 12.1 Å². The predicted molar refractivity (Wildman–Crippen MR) is 83.4 cm³/mol.